The molecule has 0 bridgehead atoms. The van der Waals surface area contributed by atoms with Gasteiger partial charge in [0.05, 0.1) is 23.6 Å². The minimum Gasteiger partial charge on any atom is -0.490 e. The Morgan fingerprint density at radius 2 is 1.68 bits per heavy atom. The Morgan fingerprint density at radius 3 is 2.42 bits per heavy atom. The number of benzene rings is 4. The largest absolute Gasteiger partial charge is 0.490 e. The predicted molar refractivity (Wildman–Crippen MR) is 154 cm³/mol. The summed E-state index contributed by atoms with van der Waals surface area (Å²) in [6, 6.07) is 24.9. The van der Waals surface area contributed by atoms with Crippen molar-refractivity contribution in [3.63, 3.8) is 0 Å². The first-order chi connectivity index (χ1) is 19.4. The molecule has 1 atom stereocenters. The van der Waals surface area contributed by atoms with Gasteiger partial charge < -0.3 is 13.9 Å². The van der Waals surface area contributed by atoms with E-state index in [1.54, 1.807) is 36.4 Å². The van der Waals surface area contributed by atoms with E-state index in [-0.39, 0.29) is 16.8 Å². The molecule has 6 rings (SSSR count). The van der Waals surface area contributed by atoms with E-state index in [2.05, 4.69) is 15.9 Å². The Bertz CT molecular complexity index is 1790. The maximum absolute atomic E-state index is 13.9. The van der Waals surface area contributed by atoms with Crippen molar-refractivity contribution in [2.45, 2.75) is 19.6 Å². The second kappa shape index (κ2) is 10.6. The summed E-state index contributed by atoms with van der Waals surface area (Å²) in [5.41, 5.74) is 2.24. The standard InChI is InChI=1S/C32H23BrFNO5/c1-2-38-27-16-20(8-14-26(27)39-18-19-6-4-3-5-7-19)29-28-30(36)24-17-21(33)9-15-25(24)40-31(28)32(37)35(29)23-12-10-22(34)11-13-23/h3-17,29H,2,18H2,1H3. The van der Waals surface area contributed by atoms with Crippen LogP contribution in [0.3, 0.4) is 0 Å². The predicted octanol–water partition coefficient (Wildman–Crippen LogP) is 7.42. The second-order valence-corrected chi connectivity index (χ2v) is 10.2. The lowest BCUT2D eigenvalue weighted by Crippen LogP contribution is -2.29. The molecule has 40 heavy (non-hydrogen) atoms. The molecule has 8 heteroatoms. The van der Waals surface area contributed by atoms with Crippen molar-refractivity contribution in [3.8, 4) is 11.5 Å². The van der Waals surface area contributed by atoms with E-state index < -0.39 is 17.8 Å². The highest BCUT2D eigenvalue weighted by Crippen LogP contribution is 2.43. The molecule has 0 aliphatic carbocycles. The van der Waals surface area contributed by atoms with Crippen LogP contribution >= 0.6 is 15.9 Å². The SMILES string of the molecule is CCOc1cc(C2c3c(oc4ccc(Br)cc4c3=O)C(=O)N2c2ccc(F)cc2)ccc1OCc1ccccc1. The molecule has 0 N–H and O–H groups in total. The van der Waals surface area contributed by atoms with Crippen LogP contribution in [0, 0.1) is 5.82 Å². The van der Waals surface area contributed by atoms with E-state index >= 15 is 0 Å². The van der Waals surface area contributed by atoms with Gasteiger partial charge in [-0.1, -0.05) is 52.3 Å². The molecule has 0 spiro atoms. The molecule has 0 fully saturated rings. The minimum atomic E-state index is -0.838. The summed E-state index contributed by atoms with van der Waals surface area (Å²) in [6.45, 7) is 2.59. The number of rotatable bonds is 7. The van der Waals surface area contributed by atoms with Crippen LogP contribution < -0.4 is 19.8 Å². The second-order valence-electron chi connectivity index (χ2n) is 9.28. The zero-order valence-electron chi connectivity index (χ0n) is 21.4. The summed E-state index contributed by atoms with van der Waals surface area (Å²) in [7, 11) is 0. The third-order valence-corrected chi connectivity index (χ3v) is 7.25. The van der Waals surface area contributed by atoms with E-state index in [1.165, 1.54) is 29.2 Å². The molecular weight excluding hydrogens is 577 g/mol. The number of anilines is 1. The molecule has 2 heterocycles. The van der Waals surface area contributed by atoms with E-state index in [1.807, 2.05) is 37.3 Å². The fourth-order valence-corrected chi connectivity index (χ4v) is 5.31. The van der Waals surface area contributed by atoms with E-state index in [4.69, 9.17) is 13.9 Å². The number of fused-ring (bicyclic) bond motifs is 2. The number of amides is 1. The third kappa shape index (κ3) is 4.64. The van der Waals surface area contributed by atoms with Crippen LogP contribution in [-0.4, -0.2) is 12.5 Å². The van der Waals surface area contributed by atoms with Crippen molar-refractivity contribution in [1.29, 1.82) is 0 Å². The number of hydrogen-bond acceptors (Lipinski definition) is 5. The molecule has 0 saturated heterocycles. The summed E-state index contributed by atoms with van der Waals surface area (Å²) in [6.07, 6.45) is 0. The van der Waals surface area contributed by atoms with E-state index in [0.717, 1.165) is 5.56 Å². The van der Waals surface area contributed by atoms with Crippen LogP contribution in [0.25, 0.3) is 11.0 Å². The van der Waals surface area contributed by atoms with E-state index in [0.29, 0.717) is 51.4 Å². The van der Waals surface area contributed by atoms with Crippen LogP contribution in [0.1, 0.15) is 40.2 Å². The van der Waals surface area contributed by atoms with Gasteiger partial charge in [0.1, 0.15) is 18.0 Å². The third-order valence-electron chi connectivity index (χ3n) is 6.76. The number of hydrogen-bond donors (Lipinski definition) is 0. The highest BCUT2D eigenvalue weighted by atomic mass is 79.9. The number of nitrogens with zero attached hydrogens (tertiary/aromatic N) is 1. The smallest absolute Gasteiger partial charge is 0.295 e. The average molecular weight is 600 g/mol. The lowest BCUT2D eigenvalue weighted by Gasteiger charge is -2.26. The minimum absolute atomic E-state index is 0.0449. The topological polar surface area (TPSA) is 69.0 Å². The van der Waals surface area contributed by atoms with Crippen molar-refractivity contribution >= 4 is 38.5 Å². The van der Waals surface area contributed by atoms with Gasteiger partial charge in [-0.05, 0) is 72.6 Å². The number of carbonyl (C=O) groups is 1. The van der Waals surface area contributed by atoms with Gasteiger partial charge >= 0.3 is 0 Å². The van der Waals surface area contributed by atoms with Crippen molar-refractivity contribution < 1.29 is 23.1 Å². The zero-order chi connectivity index (χ0) is 27.8. The first-order valence-electron chi connectivity index (χ1n) is 12.7. The number of ether oxygens (including phenoxy) is 2. The number of carbonyl (C=O) groups excluding carboxylic acids is 1. The van der Waals surface area contributed by atoms with Gasteiger partial charge in [-0.15, -0.1) is 0 Å². The molecule has 1 aromatic heterocycles. The molecule has 200 valence electrons. The van der Waals surface area contributed by atoms with Gasteiger partial charge in [0, 0.05) is 10.2 Å². The Balaban J connectivity index is 1.50. The molecular formula is C32H23BrFNO5. The Kier molecular flexibility index (Phi) is 6.86. The molecule has 6 nitrogen and oxygen atoms in total. The maximum atomic E-state index is 13.9. The summed E-state index contributed by atoms with van der Waals surface area (Å²) in [5.74, 6) is 0.0332. The van der Waals surface area contributed by atoms with Crippen LogP contribution in [0.4, 0.5) is 10.1 Å². The molecule has 1 amide bonds. The first-order valence-corrected chi connectivity index (χ1v) is 13.5. The quantitative estimate of drug-likeness (QED) is 0.195. The zero-order valence-corrected chi connectivity index (χ0v) is 23.0. The van der Waals surface area contributed by atoms with Crippen molar-refractivity contribution in [3.05, 3.63) is 134 Å². The van der Waals surface area contributed by atoms with Gasteiger partial charge in [0.2, 0.25) is 5.76 Å². The van der Waals surface area contributed by atoms with Gasteiger partial charge in [0.25, 0.3) is 5.91 Å². The fraction of sp³-hybridized carbons (Fsp3) is 0.125. The Morgan fingerprint density at radius 1 is 0.900 bits per heavy atom. The van der Waals surface area contributed by atoms with Crippen molar-refractivity contribution in [2.24, 2.45) is 0 Å². The normalized spacial score (nSPS) is 14.4. The summed E-state index contributed by atoms with van der Waals surface area (Å²) >= 11 is 3.42. The van der Waals surface area contributed by atoms with E-state index in [9.17, 15) is 14.0 Å². The Labute approximate surface area is 237 Å². The van der Waals surface area contributed by atoms with Gasteiger partial charge in [-0.2, -0.15) is 0 Å². The molecule has 5 aromatic rings. The molecule has 1 aliphatic heterocycles. The van der Waals surface area contributed by atoms with Crippen LogP contribution in [-0.2, 0) is 6.61 Å². The van der Waals surface area contributed by atoms with Gasteiger partial charge in [-0.25, -0.2) is 4.39 Å². The molecule has 0 saturated carbocycles. The monoisotopic (exact) mass is 599 g/mol. The van der Waals surface area contributed by atoms with Crippen molar-refractivity contribution in [2.75, 3.05) is 11.5 Å². The fourth-order valence-electron chi connectivity index (χ4n) is 4.95. The van der Waals surface area contributed by atoms with Crippen molar-refractivity contribution in [1.82, 2.24) is 0 Å². The molecule has 1 aliphatic rings. The molecule has 1 unspecified atom stereocenters. The number of halogens is 2. The highest BCUT2D eigenvalue weighted by molar-refractivity contribution is 9.10. The maximum Gasteiger partial charge on any atom is 0.295 e. The van der Waals surface area contributed by atoms with Crippen LogP contribution in [0.15, 0.2) is 105 Å². The molecule has 0 radical (unpaired) electrons. The molecule has 4 aromatic carbocycles. The summed E-state index contributed by atoms with van der Waals surface area (Å²) in [5, 5.41) is 0.347. The highest BCUT2D eigenvalue weighted by Gasteiger charge is 2.44. The van der Waals surface area contributed by atoms with Crippen LogP contribution in [0.5, 0.6) is 11.5 Å². The summed E-state index contributed by atoms with van der Waals surface area (Å²) < 4.78 is 32.6. The lowest BCUT2D eigenvalue weighted by atomic mass is 9.97. The lowest BCUT2D eigenvalue weighted by molar-refractivity contribution is 0.0971. The van der Waals surface area contributed by atoms with Gasteiger partial charge in [0.15, 0.2) is 16.9 Å². The Hall–Kier alpha value is -4.43. The summed E-state index contributed by atoms with van der Waals surface area (Å²) in [4.78, 5) is 29.2. The first kappa shape index (κ1) is 25.8. The van der Waals surface area contributed by atoms with Gasteiger partial charge in [-0.3, -0.25) is 14.5 Å². The van der Waals surface area contributed by atoms with Crippen LogP contribution in [0.2, 0.25) is 0 Å². The average Bonchev–Trinajstić information content (AvgIpc) is 3.26.